The number of aliphatic hydroxyl groups is 1. The minimum Gasteiger partial charge on any atom is -0.480 e. The van der Waals surface area contributed by atoms with Gasteiger partial charge in [-0.3, -0.25) is 10.1 Å². The van der Waals surface area contributed by atoms with E-state index in [4.69, 9.17) is 5.11 Å². The molecule has 19 heavy (non-hydrogen) atoms. The van der Waals surface area contributed by atoms with Crippen molar-refractivity contribution in [3.63, 3.8) is 0 Å². The Morgan fingerprint density at radius 3 is 2.63 bits per heavy atom. The van der Waals surface area contributed by atoms with Gasteiger partial charge in [0.1, 0.15) is 6.04 Å². The summed E-state index contributed by atoms with van der Waals surface area (Å²) in [6, 6.07) is 5.10. The Labute approximate surface area is 113 Å². The molecule has 0 aliphatic heterocycles. The van der Waals surface area contributed by atoms with Crippen LogP contribution in [0.25, 0.3) is 0 Å². The fourth-order valence-corrected chi connectivity index (χ4v) is 2.62. The highest BCUT2D eigenvalue weighted by molar-refractivity contribution is 5.72. The summed E-state index contributed by atoms with van der Waals surface area (Å²) in [6.07, 6.45) is 2.69. The van der Waals surface area contributed by atoms with Gasteiger partial charge < -0.3 is 10.2 Å². The first-order chi connectivity index (χ1) is 8.99. The maximum Gasteiger partial charge on any atom is 0.320 e. The number of aliphatic carboxylic acids is 1. The van der Waals surface area contributed by atoms with Gasteiger partial charge in [0.05, 0.1) is 6.10 Å². The number of rotatable bonds is 5. The van der Waals surface area contributed by atoms with Crippen LogP contribution in [0.2, 0.25) is 0 Å². The lowest BCUT2D eigenvalue weighted by molar-refractivity contribution is -0.139. The summed E-state index contributed by atoms with van der Waals surface area (Å²) >= 11 is 0. The number of fused-ring (bicyclic) bond motifs is 1. The van der Waals surface area contributed by atoms with Crippen molar-refractivity contribution in [1.82, 2.24) is 5.32 Å². The van der Waals surface area contributed by atoms with Gasteiger partial charge in [-0.25, -0.2) is 0 Å². The fraction of sp³-hybridized carbons (Fsp3) is 0.533. The summed E-state index contributed by atoms with van der Waals surface area (Å²) < 4.78 is 0. The minimum atomic E-state index is -0.909. The molecule has 4 nitrogen and oxygen atoms in total. The smallest absolute Gasteiger partial charge is 0.320 e. The van der Waals surface area contributed by atoms with Gasteiger partial charge in [0.25, 0.3) is 0 Å². The molecule has 3 unspecified atom stereocenters. The monoisotopic (exact) mass is 263 g/mol. The van der Waals surface area contributed by atoms with Crippen molar-refractivity contribution in [2.24, 2.45) is 0 Å². The molecule has 3 N–H and O–H groups in total. The molecule has 0 spiro atoms. The Bertz CT molecular complexity index is 472. The third-order valence-corrected chi connectivity index (χ3v) is 3.82. The minimum absolute atomic E-state index is 0.300. The Morgan fingerprint density at radius 2 is 1.95 bits per heavy atom. The molecule has 0 aromatic heterocycles. The molecule has 0 heterocycles. The van der Waals surface area contributed by atoms with E-state index in [-0.39, 0.29) is 6.04 Å². The SMILES string of the molecule is CC(NC(C)C(O)c1ccc2c(c1)CCC2)C(=O)O. The van der Waals surface area contributed by atoms with Gasteiger partial charge in [0, 0.05) is 6.04 Å². The third kappa shape index (κ3) is 3.14. The van der Waals surface area contributed by atoms with Crippen LogP contribution in [0.15, 0.2) is 18.2 Å². The van der Waals surface area contributed by atoms with Gasteiger partial charge in [-0.15, -0.1) is 0 Å². The number of carboxylic acids is 1. The second kappa shape index (κ2) is 5.72. The lowest BCUT2D eigenvalue weighted by Gasteiger charge is -2.23. The fourth-order valence-electron chi connectivity index (χ4n) is 2.62. The highest BCUT2D eigenvalue weighted by Crippen LogP contribution is 2.26. The lowest BCUT2D eigenvalue weighted by Crippen LogP contribution is -2.42. The normalized spacial score (nSPS) is 18.7. The molecular weight excluding hydrogens is 242 g/mol. The van der Waals surface area contributed by atoms with E-state index in [0.29, 0.717) is 0 Å². The predicted octanol–water partition coefficient (Wildman–Crippen LogP) is 1.66. The van der Waals surface area contributed by atoms with Crippen LogP contribution in [0.1, 0.15) is 43.1 Å². The van der Waals surface area contributed by atoms with Crippen LogP contribution in [0.3, 0.4) is 0 Å². The van der Waals surface area contributed by atoms with Gasteiger partial charge in [0.2, 0.25) is 0 Å². The van der Waals surface area contributed by atoms with Crippen LogP contribution < -0.4 is 5.32 Å². The molecule has 0 radical (unpaired) electrons. The summed E-state index contributed by atoms with van der Waals surface area (Å²) in [5.41, 5.74) is 3.55. The molecule has 0 amide bonds. The van der Waals surface area contributed by atoms with Crippen LogP contribution in [-0.2, 0) is 17.6 Å². The van der Waals surface area contributed by atoms with E-state index >= 15 is 0 Å². The maximum atomic E-state index is 10.8. The molecule has 0 saturated carbocycles. The van der Waals surface area contributed by atoms with Crippen LogP contribution in [0.4, 0.5) is 0 Å². The van der Waals surface area contributed by atoms with Crippen molar-refractivity contribution in [1.29, 1.82) is 0 Å². The van der Waals surface area contributed by atoms with Crippen LogP contribution in [0, 0.1) is 0 Å². The molecule has 4 heteroatoms. The molecule has 3 atom stereocenters. The van der Waals surface area contributed by atoms with E-state index in [1.807, 2.05) is 6.07 Å². The first kappa shape index (κ1) is 14.0. The van der Waals surface area contributed by atoms with Crippen molar-refractivity contribution in [2.75, 3.05) is 0 Å². The van der Waals surface area contributed by atoms with E-state index in [1.54, 1.807) is 13.8 Å². The number of aliphatic hydroxyl groups excluding tert-OH is 1. The molecule has 0 bridgehead atoms. The molecular formula is C15H21NO3. The van der Waals surface area contributed by atoms with Crippen molar-refractivity contribution in [2.45, 2.75) is 51.3 Å². The Hall–Kier alpha value is -1.39. The van der Waals surface area contributed by atoms with Crippen LogP contribution in [0.5, 0.6) is 0 Å². The van der Waals surface area contributed by atoms with Gasteiger partial charge in [0.15, 0.2) is 0 Å². The Balaban J connectivity index is 2.06. The zero-order valence-corrected chi connectivity index (χ0v) is 11.4. The average Bonchev–Trinajstić information content (AvgIpc) is 2.84. The van der Waals surface area contributed by atoms with E-state index < -0.39 is 18.1 Å². The highest BCUT2D eigenvalue weighted by atomic mass is 16.4. The predicted molar refractivity (Wildman–Crippen MR) is 73.1 cm³/mol. The van der Waals surface area contributed by atoms with Crippen molar-refractivity contribution in [3.05, 3.63) is 34.9 Å². The molecule has 0 saturated heterocycles. The number of carbonyl (C=O) groups is 1. The topological polar surface area (TPSA) is 69.6 Å². The number of aryl methyl sites for hydroxylation is 2. The summed E-state index contributed by atoms with van der Waals surface area (Å²) in [6.45, 7) is 3.38. The van der Waals surface area contributed by atoms with Crippen LogP contribution >= 0.6 is 0 Å². The summed E-state index contributed by atoms with van der Waals surface area (Å²) in [5, 5.41) is 22.1. The van der Waals surface area contributed by atoms with Crippen LogP contribution in [-0.4, -0.2) is 28.3 Å². The zero-order chi connectivity index (χ0) is 14.0. The van der Waals surface area contributed by atoms with E-state index in [0.717, 1.165) is 18.4 Å². The van der Waals surface area contributed by atoms with E-state index in [2.05, 4.69) is 17.4 Å². The van der Waals surface area contributed by atoms with Gasteiger partial charge in [-0.1, -0.05) is 18.2 Å². The average molecular weight is 263 g/mol. The van der Waals surface area contributed by atoms with Gasteiger partial charge in [-0.05, 0) is 49.8 Å². The molecule has 1 aromatic carbocycles. The molecule has 1 aliphatic carbocycles. The number of carboxylic acid groups (broad SMARTS) is 1. The molecule has 1 aliphatic rings. The Kier molecular flexibility index (Phi) is 4.22. The Morgan fingerprint density at radius 1 is 1.26 bits per heavy atom. The van der Waals surface area contributed by atoms with Gasteiger partial charge >= 0.3 is 5.97 Å². The zero-order valence-electron chi connectivity index (χ0n) is 11.4. The summed E-state index contributed by atoms with van der Waals surface area (Å²) in [5.74, 6) is -0.909. The first-order valence-corrected chi connectivity index (χ1v) is 6.77. The standard InChI is InChI=1S/C15H21NO3/c1-9(16-10(2)15(18)19)14(17)13-7-6-11-4-3-5-12(11)8-13/h6-10,14,16-17H,3-5H2,1-2H3,(H,18,19). The number of hydrogen-bond acceptors (Lipinski definition) is 3. The first-order valence-electron chi connectivity index (χ1n) is 6.77. The second-order valence-corrected chi connectivity index (χ2v) is 5.34. The third-order valence-electron chi connectivity index (χ3n) is 3.82. The maximum absolute atomic E-state index is 10.8. The van der Waals surface area contributed by atoms with E-state index in [1.165, 1.54) is 17.5 Å². The lowest BCUT2D eigenvalue weighted by atomic mass is 9.98. The van der Waals surface area contributed by atoms with Gasteiger partial charge in [-0.2, -0.15) is 0 Å². The molecule has 104 valence electrons. The second-order valence-electron chi connectivity index (χ2n) is 5.34. The quantitative estimate of drug-likeness (QED) is 0.755. The van der Waals surface area contributed by atoms with E-state index in [9.17, 15) is 9.90 Å². The summed E-state index contributed by atoms with van der Waals surface area (Å²) in [7, 11) is 0. The number of hydrogen-bond donors (Lipinski definition) is 3. The number of nitrogens with one attached hydrogen (secondary N) is 1. The number of benzene rings is 1. The summed E-state index contributed by atoms with van der Waals surface area (Å²) in [4.78, 5) is 10.8. The molecule has 0 fully saturated rings. The highest BCUT2D eigenvalue weighted by Gasteiger charge is 2.22. The van der Waals surface area contributed by atoms with Crippen molar-refractivity contribution >= 4 is 5.97 Å². The van der Waals surface area contributed by atoms with Crippen molar-refractivity contribution in [3.8, 4) is 0 Å². The molecule has 2 rings (SSSR count). The van der Waals surface area contributed by atoms with Crippen molar-refractivity contribution < 1.29 is 15.0 Å². The molecule has 1 aromatic rings. The largest absolute Gasteiger partial charge is 0.480 e.